The molecule has 0 aliphatic carbocycles. The lowest BCUT2D eigenvalue weighted by atomic mass is 10.00. The SMILES string of the molecule is CN1C(=O)CC(NCC2CCOCC2)C1=O. The van der Waals surface area contributed by atoms with Gasteiger partial charge in [-0.2, -0.15) is 0 Å². The molecule has 0 aromatic carbocycles. The summed E-state index contributed by atoms with van der Waals surface area (Å²) in [5, 5.41) is 3.19. The Hall–Kier alpha value is -0.940. The van der Waals surface area contributed by atoms with Gasteiger partial charge in [-0.15, -0.1) is 0 Å². The van der Waals surface area contributed by atoms with E-state index in [-0.39, 0.29) is 17.9 Å². The van der Waals surface area contributed by atoms with E-state index in [4.69, 9.17) is 4.74 Å². The Kier molecular flexibility index (Phi) is 3.56. The Morgan fingerprint density at radius 2 is 2.06 bits per heavy atom. The number of hydrogen-bond donors (Lipinski definition) is 1. The van der Waals surface area contributed by atoms with Crippen LogP contribution < -0.4 is 5.32 Å². The summed E-state index contributed by atoms with van der Waals surface area (Å²) in [6.07, 6.45) is 2.38. The molecule has 1 N–H and O–H groups in total. The van der Waals surface area contributed by atoms with Gasteiger partial charge in [0.25, 0.3) is 0 Å². The van der Waals surface area contributed by atoms with Gasteiger partial charge in [0.15, 0.2) is 0 Å². The van der Waals surface area contributed by atoms with E-state index in [1.54, 1.807) is 7.05 Å². The summed E-state index contributed by atoms with van der Waals surface area (Å²) in [4.78, 5) is 24.1. The van der Waals surface area contributed by atoms with Gasteiger partial charge in [-0.3, -0.25) is 14.5 Å². The quantitative estimate of drug-likeness (QED) is 0.675. The molecular weight excluding hydrogens is 208 g/mol. The van der Waals surface area contributed by atoms with Crippen LogP contribution in [0, 0.1) is 5.92 Å². The van der Waals surface area contributed by atoms with Crippen LogP contribution in [-0.2, 0) is 14.3 Å². The number of amides is 2. The highest BCUT2D eigenvalue weighted by Gasteiger charge is 2.35. The first-order valence-corrected chi connectivity index (χ1v) is 5.80. The average Bonchev–Trinajstić information content (AvgIpc) is 2.56. The van der Waals surface area contributed by atoms with Gasteiger partial charge >= 0.3 is 0 Å². The number of nitrogens with zero attached hydrogens (tertiary/aromatic N) is 1. The molecule has 90 valence electrons. The van der Waals surface area contributed by atoms with E-state index in [1.165, 1.54) is 4.90 Å². The maximum atomic E-state index is 11.6. The summed E-state index contributed by atoms with van der Waals surface area (Å²) in [6, 6.07) is -0.305. The fourth-order valence-corrected chi connectivity index (χ4v) is 2.17. The van der Waals surface area contributed by atoms with Crippen molar-refractivity contribution in [1.29, 1.82) is 0 Å². The van der Waals surface area contributed by atoms with Crippen molar-refractivity contribution in [2.24, 2.45) is 5.92 Å². The molecule has 2 saturated heterocycles. The topological polar surface area (TPSA) is 58.6 Å². The molecule has 2 aliphatic rings. The third-order valence-electron chi connectivity index (χ3n) is 3.38. The molecular formula is C11H18N2O3. The van der Waals surface area contributed by atoms with Crippen LogP contribution in [0.3, 0.4) is 0 Å². The lowest BCUT2D eigenvalue weighted by molar-refractivity contribution is -0.137. The van der Waals surface area contributed by atoms with E-state index in [0.717, 1.165) is 32.6 Å². The number of ether oxygens (including phenoxy) is 1. The first kappa shape index (κ1) is 11.5. The first-order chi connectivity index (χ1) is 7.68. The predicted molar refractivity (Wildman–Crippen MR) is 57.7 cm³/mol. The minimum atomic E-state index is -0.305. The molecule has 2 rings (SSSR count). The van der Waals surface area contributed by atoms with E-state index >= 15 is 0 Å². The van der Waals surface area contributed by atoms with E-state index < -0.39 is 0 Å². The minimum Gasteiger partial charge on any atom is -0.381 e. The fourth-order valence-electron chi connectivity index (χ4n) is 2.17. The average molecular weight is 226 g/mol. The van der Waals surface area contributed by atoms with Gasteiger partial charge < -0.3 is 10.1 Å². The summed E-state index contributed by atoms with van der Waals surface area (Å²) in [5.41, 5.74) is 0. The summed E-state index contributed by atoms with van der Waals surface area (Å²) in [5.74, 6) is 0.383. The molecule has 2 fully saturated rings. The Morgan fingerprint density at radius 3 is 2.62 bits per heavy atom. The first-order valence-electron chi connectivity index (χ1n) is 5.80. The molecule has 16 heavy (non-hydrogen) atoms. The van der Waals surface area contributed by atoms with Crippen molar-refractivity contribution in [3.63, 3.8) is 0 Å². The zero-order valence-corrected chi connectivity index (χ0v) is 9.57. The van der Waals surface area contributed by atoms with Crippen molar-refractivity contribution in [3.8, 4) is 0 Å². The van der Waals surface area contributed by atoms with E-state index in [1.807, 2.05) is 0 Å². The van der Waals surface area contributed by atoms with Crippen LogP contribution >= 0.6 is 0 Å². The highest BCUT2D eigenvalue weighted by Crippen LogP contribution is 2.15. The molecule has 0 aromatic rings. The second kappa shape index (κ2) is 4.93. The number of nitrogens with one attached hydrogen (secondary N) is 1. The van der Waals surface area contributed by atoms with Crippen molar-refractivity contribution < 1.29 is 14.3 Å². The lowest BCUT2D eigenvalue weighted by Gasteiger charge is -2.23. The van der Waals surface area contributed by atoms with E-state index in [0.29, 0.717) is 12.3 Å². The molecule has 5 heteroatoms. The molecule has 2 aliphatic heterocycles. The second-order valence-electron chi connectivity index (χ2n) is 4.51. The largest absolute Gasteiger partial charge is 0.381 e. The second-order valence-corrected chi connectivity index (χ2v) is 4.51. The maximum absolute atomic E-state index is 11.6. The molecule has 1 atom stereocenters. The van der Waals surface area contributed by atoms with E-state index in [2.05, 4.69) is 5.32 Å². The van der Waals surface area contributed by atoms with E-state index in [9.17, 15) is 9.59 Å². The molecule has 2 amide bonds. The zero-order valence-electron chi connectivity index (χ0n) is 9.57. The van der Waals surface area contributed by atoms with Crippen LogP contribution in [0.25, 0.3) is 0 Å². The maximum Gasteiger partial charge on any atom is 0.246 e. The third kappa shape index (κ3) is 2.41. The summed E-state index contributed by atoms with van der Waals surface area (Å²) < 4.78 is 5.27. The summed E-state index contributed by atoms with van der Waals surface area (Å²) >= 11 is 0. The fraction of sp³-hybridized carbons (Fsp3) is 0.818. The number of hydrogen-bond acceptors (Lipinski definition) is 4. The highest BCUT2D eigenvalue weighted by atomic mass is 16.5. The van der Waals surface area contributed by atoms with Gasteiger partial charge in [-0.25, -0.2) is 0 Å². The van der Waals surface area contributed by atoms with Crippen LogP contribution in [0.2, 0.25) is 0 Å². The van der Waals surface area contributed by atoms with Crippen molar-refractivity contribution in [3.05, 3.63) is 0 Å². The molecule has 1 unspecified atom stereocenters. The normalized spacial score (nSPS) is 27.8. The van der Waals surface area contributed by atoms with Gasteiger partial charge in [0.2, 0.25) is 11.8 Å². The van der Waals surface area contributed by atoms with Crippen LogP contribution in [0.15, 0.2) is 0 Å². The van der Waals surface area contributed by atoms with Crippen molar-refractivity contribution in [2.45, 2.75) is 25.3 Å². The van der Waals surface area contributed by atoms with Crippen LogP contribution in [0.4, 0.5) is 0 Å². The van der Waals surface area contributed by atoms with Crippen LogP contribution in [0.1, 0.15) is 19.3 Å². The van der Waals surface area contributed by atoms with Crippen LogP contribution in [-0.4, -0.2) is 49.6 Å². The molecule has 0 aromatic heterocycles. The van der Waals surface area contributed by atoms with Gasteiger partial charge in [0.1, 0.15) is 0 Å². The molecule has 0 radical (unpaired) electrons. The Morgan fingerprint density at radius 1 is 1.38 bits per heavy atom. The van der Waals surface area contributed by atoms with Gasteiger partial charge in [0.05, 0.1) is 12.5 Å². The van der Waals surface area contributed by atoms with Gasteiger partial charge in [-0.1, -0.05) is 0 Å². The number of carbonyl (C=O) groups is 2. The van der Waals surface area contributed by atoms with Gasteiger partial charge in [-0.05, 0) is 25.3 Å². The number of imide groups is 1. The monoisotopic (exact) mass is 226 g/mol. The van der Waals surface area contributed by atoms with Crippen molar-refractivity contribution >= 4 is 11.8 Å². The van der Waals surface area contributed by atoms with Crippen LogP contribution in [0.5, 0.6) is 0 Å². The van der Waals surface area contributed by atoms with Crippen molar-refractivity contribution in [2.75, 3.05) is 26.8 Å². The molecule has 2 heterocycles. The molecule has 5 nitrogen and oxygen atoms in total. The highest BCUT2D eigenvalue weighted by molar-refractivity contribution is 6.05. The Bertz CT molecular complexity index is 287. The predicted octanol–water partition coefficient (Wildman–Crippen LogP) is -0.240. The summed E-state index contributed by atoms with van der Waals surface area (Å²) in [6.45, 7) is 2.43. The zero-order chi connectivity index (χ0) is 11.5. The molecule has 0 bridgehead atoms. The number of carbonyl (C=O) groups excluding carboxylic acids is 2. The standard InChI is InChI=1S/C11H18N2O3/c1-13-10(14)6-9(11(13)15)12-7-8-2-4-16-5-3-8/h8-9,12H,2-7H2,1H3. The minimum absolute atomic E-state index is 0.0884. The number of likely N-dealkylation sites (N-methyl/N-ethyl adjacent to an activating group) is 1. The van der Waals surface area contributed by atoms with Gasteiger partial charge in [0, 0.05) is 20.3 Å². The number of likely N-dealkylation sites (tertiary alicyclic amines) is 1. The smallest absolute Gasteiger partial charge is 0.246 e. The molecule has 0 saturated carbocycles. The third-order valence-corrected chi connectivity index (χ3v) is 3.38. The molecule has 0 spiro atoms. The Balaban J connectivity index is 1.77. The lowest BCUT2D eigenvalue weighted by Crippen LogP contribution is -2.40. The number of rotatable bonds is 3. The van der Waals surface area contributed by atoms with Crippen molar-refractivity contribution in [1.82, 2.24) is 10.2 Å². The summed E-state index contributed by atoms with van der Waals surface area (Å²) in [7, 11) is 1.54. The Labute approximate surface area is 95.1 Å².